The Morgan fingerprint density at radius 2 is 1.88 bits per heavy atom. The average molecular weight is 259 g/mol. The van der Waals surface area contributed by atoms with E-state index in [-0.39, 0.29) is 4.49 Å². The maximum Gasteiger partial charge on any atom is 0.150 e. The molecular weight excluding hydrogens is 247 g/mol. The lowest BCUT2D eigenvalue weighted by Crippen LogP contribution is -1.97. The van der Waals surface area contributed by atoms with Crippen LogP contribution in [0.3, 0.4) is 0 Å². The number of aldehydes is 1. The third-order valence-electron chi connectivity index (χ3n) is 2.17. The summed E-state index contributed by atoms with van der Waals surface area (Å²) >= 11 is 10.9. The van der Waals surface area contributed by atoms with Crippen molar-refractivity contribution in [3.05, 3.63) is 39.4 Å². The summed E-state index contributed by atoms with van der Waals surface area (Å²) in [6.45, 7) is 4.05. The van der Waals surface area contributed by atoms with E-state index in [4.69, 9.17) is 27.9 Å². The van der Waals surface area contributed by atoms with Gasteiger partial charge in [-0.3, -0.25) is 4.79 Å². The van der Waals surface area contributed by atoms with Gasteiger partial charge >= 0.3 is 0 Å². The van der Waals surface area contributed by atoms with Crippen molar-refractivity contribution in [3.8, 4) is 5.75 Å². The highest BCUT2D eigenvalue weighted by Crippen LogP contribution is 2.20. The number of carbonyl (C=O) groups is 1. The molecule has 0 unspecified atom stereocenters. The Balaban J connectivity index is 2.84. The molecule has 1 rings (SSSR count). The second kappa shape index (κ2) is 5.92. The predicted molar refractivity (Wildman–Crippen MR) is 66.6 cm³/mol. The van der Waals surface area contributed by atoms with Gasteiger partial charge in [-0.05, 0) is 43.2 Å². The van der Waals surface area contributed by atoms with Gasteiger partial charge in [-0.1, -0.05) is 23.2 Å². The van der Waals surface area contributed by atoms with Crippen LogP contribution in [0.15, 0.2) is 22.7 Å². The molecule has 0 aliphatic rings. The molecule has 2 nitrogen and oxygen atoms in total. The molecule has 0 radical (unpaired) electrons. The number of aryl methyl sites for hydroxylation is 2. The number of hydrogen-bond donors (Lipinski definition) is 0. The molecule has 0 saturated heterocycles. The Morgan fingerprint density at radius 3 is 2.31 bits per heavy atom. The highest BCUT2D eigenvalue weighted by molar-refractivity contribution is 6.55. The van der Waals surface area contributed by atoms with E-state index in [9.17, 15) is 4.79 Å². The maximum atomic E-state index is 10.8. The van der Waals surface area contributed by atoms with Crippen LogP contribution in [0.2, 0.25) is 0 Å². The fraction of sp³-hybridized carbons (Fsp3) is 0.250. The normalized spacial score (nSPS) is 9.75. The monoisotopic (exact) mass is 258 g/mol. The van der Waals surface area contributed by atoms with E-state index in [0.717, 1.165) is 17.4 Å². The number of hydrogen-bond acceptors (Lipinski definition) is 2. The SMILES string of the molecule is Cc1cc(OCC=C(Cl)Cl)cc(C)c1C=O. The van der Waals surface area contributed by atoms with Gasteiger partial charge < -0.3 is 4.74 Å². The quantitative estimate of drug-likeness (QED) is 0.768. The van der Waals surface area contributed by atoms with E-state index in [0.29, 0.717) is 17.9 Å². The van der Waals surface area contributed by atoms with Gasteiger partial charge in [-0.25, -0.2) is 0 Å². The van der Waals surface area contributed by atoms with Crippen molar-refractivity contribution >= 4 is 29.5 Å². The Morgan fingerprint density at radius 1 is 1.31 bits per heavy atom. The van der Waals surface area contributed by atoms with E-state index in [1.54, 1.807) is 6.08 Å². The Bertz CT molecular complexity index is 398. The molecule has 0 N–H and O–H groups in total. The molecule has 0 aliphatic heterocycles. The van der Waals surface area contributed by atoms with Gasteiger partial charge in [0.2, 0.25) is 0 Å². The maximum absolute atomic E-state index is 10.8. The van der Waals surface area contributed by atoms with Crippen molar-refractivity contribution in [3.63, 3.8) is 0 Å². The van der Waals surface area contributed by atoms with Gasteiger partial charge in [0, 0.05) is 5.56 Å². The van der Waals surface area contributed by atoms with Crippen LogP contribution in [0.1, 0.15) is 21.5 Å². The van der Waals surface area contributed by atoms with Crippen LogP contribution in [-0.4, -0.2) is 12.9 Å². The van der Waals surface area contributed by atoms with Gasteiger partial charge in [-0.15, -0.1) is 0 Å². The van der Waals surface area contributed by atoms with Crippen LogP contribution in [0.4, 0.5) is 0 Å². The van der Waals surface area contributed by atoms with Gasteiger partial charge in [0.25, 0.3) is 0 Å². The van der Waals surface area contributed by atoms with E-state index >= 15 is 0 Å². The lowest BCUT2D eigenvalue weighted by atomic mass is 10.0. The largest absolute Gasteiger partial charge is 0.489 e. The minimum absolute atomic E-state index is 0.179. The molecule has 0 spiro atoms. The predicted octanol–water partition coefficient (Wildman–Crippen LogP) is 3.81. The molecule has 4 heteroatoms. The van der Waals surface area contributed by atoms with Crippen molar-refractivity contribution in [2.75, 3.05) is 6.61 Å². The molecule has 0 atom stereocenters. The molecule has 86 valence electrons. The summed E-state index contributed by atoms with van der Waals surface area (Å²) in [5, 5.41) is 0. The number of rotatable bonds is 4. The van der Waals surface area contributed by atoms with E-state index in [1.807, 2.05) is 26.0 Å². The first kappa shape index (κ1) is 13.1. The second-order valence-corrected chi connectivity index (χ2v) is 4.40. The summed E-state index contributed by atoms with van der Waals surface area (Å²) in [5.41, 5.74) is 2.50. The van der Waals surface area contributed by atoms with E-state index in [1.165, 1.54) is 0 Å². The molecule has 0 bridgehead atoms. The Kier molecular flexibility index (Phi) is 4.84. The smallest absolute Gasteiger partial charge is 0.150 e. The third-order valence-corrected chi connectivity index (χ3v) is 2.48. The molecule has 16 heavy (non-hydrogen) atoms. The minimum Gasteiger partial charge on any atom is -0.489 e. The summed E-state index contributed by atoms with van der Waals surface area (Å²) in [4.78, 5) is 10.8. The topological polar surface area (TPSA) is 26.3 Å². The van der Waals surface area contributed by atoms with Crippen molar-refractivity contribution < 1.29 is 9.53 Å². The average Bonchev–Trinajstić information content (AvgIpc) is 2.16. The summed E-state index contributed by atoms with van der Waals surface area (Å²) in [6, 6.07) is 3.62. The molecule has 0 heterocycles. The molecule has 0 saturated carbocycles. The highest BCUT2D eigenvalue weighted by atomic mass is 35.5. The molecule has 1 aromatic carbocycles. The van der Waals surface area contributed by atoms with Gasteiger partial charge in [0.15, 0.2) is 6.29 Å². The highest BCUT2D eigenvalue weighted by Gasteiger charge is 2.04. The first-order valence-electron chi connectivity index (χ1n) is 4.75. The lowest BCUT2D eigenvalue weighted by molar-refractivity contribution is 0.112. The van der Waals surface area contributed by atoms with Crippen LogP contribution >= 0.6 is 23.2 Å². The van der Waals surface area contributed by atoms with Gasteiger partial charge in [-0.2, -0.15) is 0 Å². The zero-order chi connectivity index (χ0) is 12.1. The fourth-order valence-electron chi connectivity index (χ4n) is 1.41. The van der Waals surface area contributed by atoms with Crippen molar-refractivity contribution in [2.45, 2.75) is 13.8 Å². The molecule has 0 amide bonds. The van der Waals surface area contributed by atoms with E-state index < -0.39 is 0 Å². The summed E-state index contributed by atoms with van der Waals surface area (Å²) in [5.74, 6) is 0.700. The molecule has 0 aromatic heterocycles. The number of ether oxygens (including phenoxy) is 1. The van der Waals surface area contributed by atoms with Crippen LogP contribution in [0.25, 0.3) is 0 Å². The number of benzene rings is 1. The molecular formula is C12H12Cl2O2. The van der Waals surface area contributed by atoms with Crippen molar-refractivity contribution in [1.82, 2.24) is 0 Å². The van der Waals surface area contributed by atoms with Crippen molar-refractivity contribution in [1.29, 1.82) is 0 Å². The zero-order valence-corrected chi connectivity index (χ0v) is 10.6. The van der Waals surface area contributed by atoms with Crippen molar-refractivity contribution in [2.24, 2.45) is 0 Å². The molecule has 1 aromatic rings. The third kappa shape index (κ3) is 3.54. The Labute approximate surface area is 105 Å². The minimum atomic E-state index is 0.179. The second-order valence-electron chi connectivity index (χ2n) is 3.39. The summed E-state index contributed by atoms with van der Waals surface area (Å²) in [6.07, 6.45) is 2.41. The number of halogens is 2. The zero-order valence-electron chi connectivity index (χ0n) is 9.09. The van der Waals surface area contributed by atoms with Crippen LogP contribution in [0.5, 0.6) is 5.75 Å². The first-order valence-corrected chi connectivity index (χ1v) is 5.50. The summed E-state index contributed by atoms with van der Waals surface area (Å²) < 4.78 is 5.60. The fourth-order valence-corrected chi connectivity index (χ4v) is 1.53. The number of carbonyl (C=O) groups excluding carboxylic acids is 1. The molecule has 0 aliphatic carbocycles. The van der Waals surface area contributed by atoms with Crippen LogP contribution in [-0.2, 0) is 0 Å². The first-order chi connectivity index (χ1) is 7.54. The van der Waals surface area contributed by atoms with Gasteiger partial charge in [0.1, 0.15) is 16.8 Å². The standard InChI is InChI=1S/C12H12Cl2O2/c1-8-5-10(16-4-3-12(13)14)6-9(2)11(8)7-15/h3,5-7H,4H2,1-2H3. The Hall–Kier alpha value is -0.990. The van der Waals surface area contributed by atoms with E-state index in [2.05, 4.69) is 0 Å². The lowest BCUT2D eigenvalue weighted by Gasteiger charge is -2.08. The van der Waals surface area contributed by atoms with Crippen LogP contribution in [0, 0.1) is 13.8 Å². The van der Waals surface area contributed by atoms with Gasteiger partial charge in [0.05, 0.1) is 0 Å². The van der Waals surface area contributed by atoms with Crippen LogP contribution < -0.4 is 4.74 Å². The molecule has 0 fully saturated rings. The summed E-state index contributed by atoms with van der Waals surface area (Å²) in [7, 11) is 0.